The Kier molecular flexibility index (Phi) is 5.62. The van der Waals surface area contributed by atoms with Crippen molar-refractivity contribution < 1.29 is 23.8 Å². The van der Waals surface area contributed by atoms with Gasteiger partial charge in [0.05, 0.1) is 26.9 Å². The first-order valence-electron chi connectivity index (χ1n) is 7.05. The number of hydrogen-bond donors (Lipinski definition) is 2. The predicted octanol–water partition coefficient (Wildman–Crippen LogP) is 3.13. The molecular formula is C17H18N2O5. The number of ether oxygens (including phenoxy) is 3. The van der Waals surface area contributed by atoms with Gasteiger partial charge in [0.15, 0.2) is 0 Å². The Morgan fingerprint density at radius 2 is 1.33 bits per heavy atom. The van der Waals surface area contributed by atoms with E-state index in [1.165, 1.54) is 21.3 Å². The van der Waals surface area contributed by atoms with Crippen LogP contribution in [0.15, 0.2) is 42.5 Å². The van der Waals surface area contributed by atoms with Gasteiger partial charge in [0.2, 0.25) is 0 Å². The molecule has 0 bridgehead atoms. The summed E-state index contributed by atoms with van der Waals surface area (Å²) in [4.78, 5) is 23.4. The zero-order chi connectivity index (χ0) is 17.5. The molecule has 0 saturated heterocycles. The van der Waals surface area contributed by atoms with Gasteiger partial charge in [-0.2, -0.15) is 0 Å². The molecule has 0 spiro atoms. The number of esters is 1. The third-order valence-electron chi connectivity index (χ3n) is 3.17. The molecule has 7 heteroatoms. The summed E-state index contributed by atoms with van der Waals surface area (Å²) in [5.74, 6) is 0.689. The first kappa shape index (κ1) is 17.1. The number of amides is 2. The number of urea groups is 1. The largest absolute Gasteiger partial charge is 0.497 e. The van der Waals surface area contributed by atoms with E-state index in [0.717, 1.165) is 0 Å². The fourth-order valence-electron chi connectivity index (χ4n) is 1.98. The zero-order valence-corrected chi connectivity index (χ0v) is 13.6. The van der Waals surface area contributed by atoms with E-state index in [1.54, 1.807) is 42.5 Å². The molecule has 0 aliphatic carbocycles. The van der Waals surface area contributed by atoms with Crippen molar-refractivity contribution in [1.82, 2.24) is 0 Å². The molecule has 7 nitrogen and oxygen atoms in total. The second kappa shape index (κ2) is 7.87. The molecule has 0 unspecified atom stereocenters. The van der Waals surface area contributed by atoms with Crippen LogP contribution in [-0.2, 0) is 4.74 Å². The molecule has 2 rings (SSSR count). The molecule has 2 aromatic carbocycles. The molecule has 2 aromatic rings. The van der Waals surface area contributed by atoms with Crippen LogP contribution in [0.3, 0.4) is 0 Å². The number of hydrogen-bond acceptors (Lipinski definition) is 5. The van der Waals surface area contributed by atoms with Crippen molar-refractivity contribution in [2.45, 2.75) is 0 Å². The van der Waals surface area contributed by atoms with Crippen LogP contribution in [0.2, 0.25) is 0 Å². The lowest BCUT2D eigenvalue weighted by Gasteiger charge is -2.11. The summed E-state index contributed by atoms with van der Waals surface area (Å²) in [6.45, 7) is 0. The Labute approximate surface area is 139 Å². The van der Waals surface area contributed by atoms with Gasteiger partial charge in [-0.05, 0) is 24.3 Å². The van der Waals surface area contributed by atoms with Crippen molar-refractivity contribution in [2.24, 2.45) is 0 Å². The summed E-state index contributed by atoms with van der Waals surface area (Å²) >= 11 is 0. The summed E-state index contributed by atoms with van der Waals surface area (Å²) in [5, 5.41) is 5.35. The second-order valence-corrected chi connectivity index (χ2v) is 4.75. The highest BCUT2D eigenvalue weighted by atomic mass is 16.5. The van der Waals surface area contributed by atoms with E-state index in [-0.39, 0.29) is 0 Å². The van der Waals surface area contributed by atoms with Crippen LogP contribution < -0.4 is 20.1 Å². The van der Waals surface area contributed by atoms with E-state index in [0.29, 0.717) is 28.4 Å². The summed E-state index contributed by atoms with van der Waals surface area (Å²) in [5.41, 5.74) is 1.46. The zero-order valence-electron chi connectivity index (χ0n) is 13.6. The lowest BCUT2D eigenvalue weighted by molar-refractivity contribution is 0.0600. The minimum absolute atomic E-state index is 0.404. The highest BCUT2D eigenvalue weighted by molar-refractivity contribution is 6.00. The lowest BCUT2D eigenvalue weighted by atomic mass is 10.2. The van der Waals surface area contributed by atoms with Crippen LogP contribution in [0.5, 0.6) is 11.5 Å². The van der Waals surface area contributed by atoms with Crippen LogP contribution in [0.25, 0.3) is 0 Å². The molecule has 0 fully saturated rings. The van der Waals surface area contributed by atoms with Gasteiger partial charge in [0, 0.05) is 29.6 Å². The van der Waals surface area contributed by atoms with Gasteiger partial charge in [-0.15, -0.1) is 0 Å². The second-order valence-electron chi connectivity index (χ2n) is 4.75. The molecule has 0 radical (unpaired) electrons. The maximum Gasteiger partial charge on any atom is 0.337 e. The average Bonchev–Trinajstić information content (AvgIpc) is 2.61. The van der Waals surface area contributed by atoms with Gasteiger partial charge >= 0.3 is 12.0 Å². The molecule has 126 valence electrons. The Bertz CT molecular complexity index is 706. The minimum Gasteiger partial charge on any atom is -0.497 e. The van der Waals surface area contributed by atoms with E-state index in [1.807, 2.05) is 0 Å². The maximum absolute atomic E-state index is 12.1. The number of anilines is 2. The number of nitrogens with one attached hydrogen (secondary N) is 2. The van der Waals surface area contributed by atoms with Gasteiger partial charge in [0.25, 0.3) is 0 Å². The summed E-state index contributed by atoms with van der Waals surface area (Å²) < 4.78 is 14.9. The van der Waals surface area contributed by atoms with Crippen LogP contribution in [-0.4, -0.2) is 33.3 Å². The molecule has 0 aliphatic heterocycles. The number of carbonyl (C=O) groups excluding carboxylic acids is 2. The van der Waals surface area contributed by atoms with Crippen LogP contribution in [0, 0.1) is 0 Å². The third-order valence-corrected chi connectivity index (χ3v) is 3.17. The smallest absolute Gasteiger partial charge is 0.337 e. The molecule has 0 saturated carbocycles. The predicted molar refractivity (Wildman–Crippen MR) is 90.0 cm³/mol. The van der Waals surface area contributed by atoms with E-state index in [4.69, 9.17) is 9.47 Å². The average molecular weight is 330 g/mol. The standard InChI is InChI=1S/C17H18N2O5/c1-22-14-8-13(9-15(10-14)23-2)19-17(21)18-12-6-4-11(5-7-12)16(20)24-3/h4-10H,1-3H3,(H2,18,19,21). The molecule has 0 heterocycles. The van der Waals surface area contributed by atoms with Crippen LogP contribution >= 0.6 is 0 Å². The topological polar surface area (TPSA) is 85.9 Å². The van der Waals surface area contributed by atoms with Crippen molar-refractivity contribution in [2.75, 3.05) is 32.0 Å². The molecule has 24 heavy (non-hydrogen) atoms. The summed E-state index contributed by atoms with van der Waals surface area (Å²) in [6, 6.07) is 11.0. The van der Waals surface area contributed by atoms with E-state index < -0.39 is 12.0 Å². The highest BCUT2D eigenvalue weighted by Crippen LogP contribution is 2.25. The molecule has 0 aliphatic rings. The first-order valence-corrected chi connectivity index (χ1v) is 7.05. The summed E-state index contributed by atoms with van der Waals surface area (Å²) in [6.07, 6.45) is 0. The van der Waals surface area contributed by atoms with Gasteiger partial charge < -0.3 is 24.8 Å². The molecule has 0 aromatic heterocycles. The monoisotopic (exact) mass is 330 g/mol. The van der Waals surface area contributed by atoms with Crippen molar-refractivity contribution in [3.63, 3.8) is 0 Å². The Morgan fingerprint density at radius 1 is 0.792 bits per heavy atom. The fourth-order valence-corrected chi connectivity index (χ4v) is 1.98. The van der Waals surface area contributed by atoms with Crippen LogP contribution in [0.4, 0.5) is 16.2 Å². The van der Waals surface area contributed by atoms with E-state index in [2.05, 4.69) is 15.4 Å². The number of benzene rings is 2. The Morgan fingerprint density at radius 3 is 1.83 bits per heavy atom. The highest BCUT2D eigenvalue weighted by Gasteiger charge is 2.08. The van der Waals surface area contributed by atoms with Gasteiger partial charge in [-0.1, -0.05) is 0 Å². The van der Waals surface area contributed by atoms with Gasteiger partial charge in [-0.25, -0.2) is 9.59 Å². The number of rotatable bonds is 5. The molecule has 0 atom stereocenters. The van der Waals surface area contributed by atoms with Crippen molar-refractivity contribution in [3.05, 3.63) is 48.0 Å². The molecular weight excluding hydrogens is 312 g/mol. The molecule has 2 amide bonds. The summed E-state index contributed by atoms with van der Waals surface area (Å²) in [7, 11) is 4.37. The third kappa shape index (κ3) is 4.39. The van der Waals surface area contributed by atoms with Crippen molar-refractivity contribution >= 4 is 23.4 Å². The Balaban J connectivity index is 2.04. The molecule has 2 N–H and O–H groups in total. The normalized spacial score (nSPS) is 9.79. The fraction of sp³-hybridized carbons (Fsp3) is 0.176. The quantitative estimate of drug-likeness (QED) is 0.823. The first-order chi connectivity index (χ1) is 11.5. The maximum atomic E-state index is 12.1. The van der Waals surface area contributed by atoms with E-state index in [9.17, 15) is 9.59 Å². The van der Waals surface area contributed by atoms with E-state index >= 15 is 0 Å². The van der Waals surface area contributed by atoms with Gasteiger partial charge in [0.1, 0.15) is 11.5 Å². The van der Waals surface area contributed by atoms with Gasteiger partial charge in [-0.3, -0.25) is 0 Å². The Hall–Kier alpha value is -3.22. The van der Waals surface area contributed by atoms with Crippen molar-refractivity contribution in [3.8, 4) is 11.5 Å². The van der Waals surface area contributed by atoms with Crippen LogP contribution in [0.1, 0.15) is 10.4 Å². The number of methoxy groups -OCH3 is 3. The lowest BCUT2D eigenvalue weighted by Crippen LogP contribution is -2.19. The van der Waals surface area contributed by atoms with Crippen molar-refractivity contribution in [1.29, 1.82) is 0 Å². The SMILES string of the molecule is COC(=O)c1ccc(NC(=O)Nc2cc(OC)cc(OC)c2)cc1. The number of carbonyl (C=O) groups is 2. The minimum atomic E-state index is -0.436.